The molecule has 1 aliphatic carbocycles. The van der Waals surface area contributed by atoms with Crippen LogP contribution in [0.5, 0.6) is 0 Å². The fourth-order valence-electron chi connectivity index (χ4n) is 3.06. The van der Waals surface area contributed by atoms with Gasteiger partial charge in [0.1, 0.15) is 12.4 Å². The molecule has 0 saturated carbocycles. The molecule has 1 aromatic carbocycles. The number of nitrogens with zero attached hydrogens (tertiary/aromatic N) is 1. The molecule has 0 spiro atoms. The van der Waals surface area contributed by atoms with E-state index in [2.05, 4.69) is 5.32 Å². The molecule has 1 saturated heterocycles. The van der Waals surface area contributed by atoms with Crippen molar-refractivity contribution in [2.45, 2.75) is 19.4 Å². The van der Waals surface area contributed by atoms with Gasteiger partial charge in [-0.05, 0) is 18.9 Å². The summed E-state index contributed by atoms with van der Waals surface area (Å²) in [4.78, 5) is 37.5. The van der Waals surface area contributed by atoms with Crippen LogP contribution in [0.3, 0.4) is 0 Å². The zero-order valence-corrected chi connectivity index (χ0v) is 12.5. The average Bonchev–Trinajstić information content (AvgIpc) is 2.80. The van der Waals surface area contributed by atoms with Gasteiger partial charge < -0.3 is 5.32 Å². The molecule has 23 heavy (non-hydrogen) atoms. The van der Waals surface area contributed by atoms with Crippen LogP contribution in [0, 0.1) is 17.7 Å². The first-order chi connectivity index (χ1) is 11.1. The van der Waals surface area contributed by atoms with E-state index in [1.807, 2.05) is 12.2 Å². The molecule has 0 unspecified atom stereocenters. The number of halogens is 1. The van der Waals surface area contributed by atoms with Crippen molar-refractivity contribution in [1.29, 1.82) is 0 Å². The maximum atomic E-state index is 13.5. The third kappa shape index (κ3) is 3.02. The summed E-state index contributed by atoms with van der Waals surface area (Å²) >= 11 is 0. The summed E-state index contributed by atoms with van der Waals surface area (Å²) in [6.45, 7) is -0.282. The monoisotopic (exact) mass is 316 g/mol. The minimum absolute atomic E-state index is 0.0239. The van der Waals surface area contributed by atoms with E-state index in [-0.39, 0.29) is 36.7 Å². The Bertz CT molecular complexity index is 660. The zero-order chi connectivity index (χ0) is 16.4. The summed E-state index contributed by atoms with van der Waals surface area (Å²) in [5.41, 5.74) is 0.359. The smallest absolute Gasteiger partial charge is 0.240 e. The standard InChI is InChI=1S/C17H17FN2O3/c18-14-8-4-1-5-11(14)9-19-15(21)10-20-16(22)12-6-2-3-7-13(12)17(20)23/h1-5,8,12-13H,6-7,9-10H2,(H,19,21)/t12-,13-/m0/s1. The highest BCUT2D eigenvalue weighted by atomic mass is 19.1. The number of nitrogens with one attached hydrogen (secondary N) is 1. The number of benzene rings is 1. The number of likely N-dealkylation sites (tertiary alicyclic amines) is 1. The quantitative estimate of drug-likeness (QED) is 0.674. The molecule has 2 aliphatic rings. The SMILES string of the molecule is O=C(CN1C(=O)[C@H]2CC=CC[C@@H]2C1=O)NCc1ccccc1F. The first kappa shape index (κ1) is 15.4. The number of carbonyl (C=O) groups excluding carboxylic acids is 3. The van der Waals surface area contributed by atoms with Crippen LogP contribution in [-0.4, -0.2) is 29.2 Å². The molecule has 0 bridgehead atoms. The molecule has 1 aromatic rings. The molecule has 2 atom stereocenters. The van der Waals surface area contributed by atoms with E-state index >= 15 is 0 Å². The van der Waals surface area contributed by atoms with Crippen LogP contribution >= 0.6 is 0 Å². The lowest BCUT2D eigenvalue weighted by Crippen LogP contribution is -2.40. The predicted molar refractivity (Wildman–Crippen MR) is 80.3 cm³/mol. The molecule has 1 N–H and O–H groups in total. The van der Waals surface area contributed by atoms with E-state index in [4.69, 9.17) is 0 Å². The summed E-state index contributed by atoms with van der Waals surface area (Å²) < 4.78 is 13.5. The number of carbonyl (C=O) groups is 3. The predicted octanol–water partition coefficient (Wildman–Crippen LogP) is 1.39. The van der Waals surface area contributed by atoms with Crippen molar-refractivity contribution in [3.05, 3.63) is 47.8 Å². The normalized spacial score (nSPS) is 23.1. The first-order valence-electron chi connectivity index (χ1n) is 7.58. The van der Waals surface area contributed by atoms with Crippen LogP contribution in [0.2, 0.25) is 0 Å². The summed E-state index contributed by atoms with van der Waals surface area (Å²) in [7, 11) is 0. The highest BCUT2D eigenvalue weighted by Gasteiger charge is 2.47. The number of allylic oxidation sites excluding steroid dienone is 2. The molecule has 0 radical (unpaired) electrons. The minimum Gasteiger partial charge on any atom is -0.350 e. The Morgan fingerprint density at radius 3 is 2.35 bits per heavy atom. The van der Waals surface area contributed by atoms with Gasteiger partial charge in [0.25, 0.3) is 0 Å². The fourth-order valence-corrected chi connectivity index (χ4v) is 3.06. The van der Waals surface area contributed by atoms with Crippen LogP contribution in [0.15, 0.2) is 36.4 Å². The number of amides is 3. The van der Waals surface area contributed by atoms with Crippen LogP contribution in [0.4, 0.5) is 4.39 Å². The minimum atomic E-state index is -0.471. The van der Waals surface area contributed by atoms with Crippen molar-refractivity contribution in [3.8, 4) is 0 Å². The largest absolute Gasteiger partial charge is 0.350 e. The average molecular weight is 316 g/mol. The second-order valence-corrected chi connectivity index (χ2v) is 5.79. The lowest BCUT2D eigenvalue weighted by molar-refractivity contribution is -0.143. The first-order valence-corrected chi connectivity index (χ1v) is 7.58. The Hall–Kier alpha value is -2.50. The molecule has 3 rings (SSSR count). The van der Waals surface area contributed by atoms with Gasteiger partial charge in [-0.3, -0.25) is 19.3 Å². The van der Waals surface area contributed by atoms with Crippen molar-refractivity contribution in [2.75, 3.05) is 6.54 Å². The molecule has 1 fully saturated rings. The number of fused-ring (bicyclic) bond motifs is 1. The summed E-state index contributed by atoms with van der Waals surface area (Å²) in [5, 5.41) is 2.55. The topological polar surface area (TPSA) is 66.5 Å². The number of imide groups is 1. The van der Waals surface area contributed by atoms with E-state index in [0.29, 0.717) is 18.4 Å². The van der Waals surface area contributed by atoms with E-state index in [0.717, 1.165) is 4.90 Å². The van der Waals surface area contributed by atoms with E-state index in [9.17, 15) is 18.8 Å². The van der Waals surface area contributed by atoms with E-state index in [1.165, 1.54) is 6.07 Å². The molecule has 1 heterocycles. The Balaban J connectivity index is 1.59. The van der Waals surface area contributed by atoms with Crippen LogP contribution in [-0.2, 0) is 20.9 Å². The van der Waals surface area contributed by atoms with Gasteiger partial charge in [-0.2, -0.15) is 0 Å². The van der Waals surface area contributed by atoms with Gasteiger partial charge >= 0.3 is 0 Å². The van der Waals surface area contributed by atoms with Gasteiger partial charge in [0.2, 0.25) is 17.7 Å². The van der Waals surface area contributed by atoms with Crippen LogP contribution in [0.1, 0.15) is 18.4 Å². The number of hydrogen-bond acceptors (Lipinski definition) is 3. The maximum absolute atomic E-state index is 13.5. The Morgan fingerprint density at radius 1 is 1.13 bits per heavy atom. The van der Waals surface area contributed by atoms with Crippen molar-refractivity contribution in [1.82, 2.24) is 10.2 Å². The maximum Gasteiger partial charge on any atom is 0.240 e. The lowest BCUT2D eigenvalue weighted by atomic mass is 9.85. The fraction of sp³-hybridized carbons (Fsp3) is 0.353. The van der Waals surface area contributed by atoms with Crippen LogP contribution in [0.25, 0.3) is 0 Å². The summed E-state index contributed by atoms with van der Waals surface area (Å²) in [5.74, 6) is -2.13. The molecule has 5 nitrogen and oxygen atoms in total. The summed E-state index contributed by atoms with van der Waals surface area (Å²) in [6.07, 6.45) is 4.88. The number of hydrogen-bond donors (Lipinski definition) is 1. The van der Waals surface area contributed by atoms with Gasteiger partial charge in [0.15, 0.2) is 0 Å². The molecule has 1 aliphatic heterocycles. The van der Waals surface area contributed by atoms with Gasteiger partial charge in [0.05, 0.1) is 11.8 Å². The number of rotatable bonds is 4. The highest BCUT2D eigenvalue weighted by Crippen LogP contribution is 2.34. The molecule has 120 valence electrons. The second-order valence-electron chi connectivity index (χ2n) is 5.79. The van der Waals surface area contributed by atoms with Gasteiger partial charge in [-0.25, -0.2) is 4.39 Å². The van der Waals surface area contributed by atoms with E-state index < -0.39 is 11.7 Å². The molecule has 6 heteroatoms. The third-order valence-electron chi connectivity index (χ3n) is 4.33. The zero-order valence-electron chi connectivity index (χ0n) is 12.5. The van der Waals surface area contributed by atoms with E-state index in [1.54, 1.807) is 18.2 Å². The third-order valence-corrected chi connectivity index (χ3v) is 4.33. The van der Waals surface area contributed by atoms with Crippen molar-refractivity contribution >= 4 is 17.7 Å². The highest BCUT2D eigenvalue weighted by molar-refractivity contribution is 6.07. The molecular weight excluding hydrogens is 299 g/mol. The molecule has 0 aromatic heterocycles. The molecule has 3 amide bonds. The Kier molecular flexibility index (Phi) is 4.23. The van der Waals surface area contributed by atoms with Gasteiger partial charge in [-0.1, -0.05) is 30.4 Å². The summed E-state index contributed by atoms with van der Waals surface area (Å²) in [6, 6.07) is 6.13. The Morgan fingerprint density at radius 2 is 1.74 bits per heavy atom. The van der Waals surface area contributed by atoms with Crippen molar-refractivity contribution in [3.63, 3.8) is 0 Å². The van der Waals surface area contributed by atoms with Gasteiger partial charge in [-0.15, -0.1) is 0 Å². The second kappa shape index (κ2) is 6.32. The van der Waals surface area contributed by atoms with Crippen molar-refractivity contribution in [2.24, 2.45) is 11.8 Å². The van der Waals surface area contributed by atoms with Crippen LogP contribution < -0.4 is 5.32 Å². The molecular formula is C17H17FN2O3. The van der Waals surface area contributed by atoms with Crippen molar-refractivity contribution < 1.29 is 18.8 Å². The van der Waals surface area contributed by atoms with Gasteiger partial charge in [0, 0.05) is 12.1 Å². The Labute approximate surface area is 133 Å². The lowest BCUT2D eigenvalue weighted by Gasteiger charge is -2.14.